The molecule has 1 unspecified atom stereocenters. The van der Waals surface area contributed by atoms with Gasteiger partial charge in [0.25, 0.3) is 5.91 Å². The highest BCUT2D eigenvalue weighted by Crippen LogP contribution is 2.25. The standard InChI is InChI=1S/C26H31F2N5O2/c1-32(2)11-7-13-35-24-10-4-3-9-19(24)26(34)33-12-6-5-8-18(33)16-30-25-17-29-22-14-20(27)21(28)15-23(22)31-25/h3-4,9-10,14-15,17-18H,5-8,11-13,16H2,1-2H3,(H,30,31). The van der Waals surface area contributed by atoms with Crippen LogP contribution >= 0.6 is 0 Å². The van der Waals surface area contributed by atoms with Gasteiger partial charge in [0, 0.05) is 37.8 Å². The molecule has 7 nitrogen and oxygen atoms in total. The van der Waals surface area contributed by atoms with E-state index in [2.05, 4.69) is 20.2 Å². The summed E-state index contributed by atoms with van der Waals surface area (Å²) < 4.78 is 33.0. The summed E-state index contributed by atoms with van der Waals surface area (Å²) in [6, 6.07) is 9.40. The van der Waals surface area contributed by atoms with Crippen molar-refractivity contribution in [1.82, 2.24) is 19.8 Å². The maximum absolute atomic E-state index is 13.6. The number of para-hydroxylation sites is 1. The quantitative estimate of drug-likeness (QED) is 0.457. The van der Waals surface area contributed by atoms with E-state index in [1.807, 2.05) is 43.3 Å². The highest BCUT2D eigenvalue weighted by Gasteiger charge is 2.29. The van der Waals surface area contributed by atoms with Gasteiger partial charge in [-0.3, -0.25) is 9.78 Å². The molecule has 1 atom stereocenters. The molecule has 1 fully saturated rings. The molecule has 35 heavy (non-hydrogen) atoms. The van der Waals surface area contributed by atoms with E-state index >= 15 is 0 Å². The number of carbonyl (C=O) groups is 1. The normalized spacial score (nSPS) is 16.0. The van der Waals surface area contributed by atoms with Crippen molar-refractivity contribution in [1.29, 1.82) is 0 Å². The molecule has 186 valence electrons. The molecule has 0 saturated carbocycles. The second kappa shape index (κ2) is 11.4. The third kappa shape index (κ3) is 6.22. The van der Waals surface area contributed by atoms with Crippen LogP contribution in [0.5, 0.6) is 5.75 Å². The Morgan fingerprint density at radius 2 is 1.94 bits per heavy atom. The summed E-state index contributed by atoms with van der Waals surface area (Å²) in [4.78, 5) is 26.0. The third-order valence-corrected chi connectivity index (χ3v) is 6.12. The van der Waals surface area contributed by atoms with Crippen molar-refractivity contribution < 1.29 is 18.3 Å². The number of anilines is 1. The van der Waals surface area contributed by atoms with E-state index < -0.39 is 11.6 Å². The minimum Gasteiger partial charge on any atom is -0.493 e. The van der Waals surface area contributed by atoms with Gasteiger partial charge >= 0.3 is 0 Å². The second-order valence-electron chi connectivity index (χ2n) is 9.04. The molecule has 9 heteroatoms. The first-order valence-corrected chi connectivity index (χ1v) is 12.0. The molecular formula is C26H31F2N5O2. The van der Waals surface area contributed by atoms with Crippen molar-refractivity contribution in [2.45, 2.75) is 31.7 Å². The largest absolute Gasteiger partial charge is 0.493 e. The van der Waals surface area contributed by atoms with Crippen molar-refractivity contribution in [2.24, 2.45) is 0 Å². The predicted molar refractivity (Wildman–Crippen MR) is 132 cm³/mol. The highest BCUT2D eigenvalue weighted by atomic mass is 19.2. The molecule has 0 spiro atoms. The zero-order chi connectivity index (χ0) is 24.8. The van der Waals surface area contributed by atoms with Gasteiger partial charge in [0.05, 0.1) is 29.4 Å². The van der Waals surface area contributed by atoms with E-state index in [0.29, 0.717) is 36.8 Å². The lowest BCUT2D eigenvalue weighted by Gasteiger charge is -2.36. The average Bonchev–Trinajstić information content (AvgIpc) is 2.86. The van der Waals surface area contributed by atoms with E-state index in [1.165, 1.54) is 6.20 Å². The van der Waals surface area contributed by atoms with Crippen LogP contribution in [0, 0.1) is 11.6 Å². The molecule has 4 rings (SSSR count). The Balaban J connectivity index is 1.44. The zero-order valence-electron chi connectivity index (χ0n) is 20.1. The Morgan fingerprint density at radius 3 is 2.74 bits per heavy atom. The lowest BCUT2D eigenvalue weighted by atomic mass is 10.0. The van der Waals surface area contributed by atoms with Crippen molar-refractivity contribution in [3.63, 3.8) is 0 Å². The van der Waals surface area contributed by atoms with E-state index in [-0.39, 0.29) is 23.0 Å². The molecule has 1 amide bonds. The van der Waals surface area contributed by atoms with Crippen molar-refractivity contribution in [2.75, 3.05) is 45.7 Å². The number of ether oxygens (including phenoxy) is 1. The molecule has 1 saturated heterocycles. The fourth-order valence-corrected chi connectivity index (χ4v) is 4.28. The minimum absolute atomic E-state index is 0.0412. The van der Waals surface area contributed by atoms with Gasteiger partial charge in [-0.05, 0) is 51.9 Å². The fraction of sp³-hybridized carbons (Fsp3) is 0.423. The fourth-order valence-electron chi connectivity index (χ4n) is 4.28. The summed E-state index contributed by atoms with van der Waals surface area (Å²) in [7, 11) is 4.03. The smallest absolute Gasteiger partial charge is 0.257 e. The van der Waals surface area contributed by atoms with Gasteiger partial charge in [0.2, 0.25) is 0 Å². The first-order chi connectivity index (χ1) is 16.9. The van der Waals surface area contributed by atoms with Crippen LogP contribution in [-0.4, -0.2) is 72.1 Å². The van der Waals surface area contributed by atoms with Crippen LogP contribution in [0.2, 0.25) is 0 Å². The number of hydrogen-bond donors (Lipinski definition) is 1. The average molecular weight is 484 g/mol. The van der Waals surface area contributed by atoms with Crippen LogP contribution in [0.1, 0.15) is 36.0 Å². The Labute approximate surface area is 204 Å². The molecule has 1 N–H and O–H groups in total. The lowest BCUT2D eigenvalue weighted by Crippen LogP contribution is -2.47. The van der Waals surface area contributed by atoms with E-state index in [0.717, 1.165) is 44.4 Å². The number of benzene rings is 2. The minimum atomic E-state index is -0.962. The van der Waals surface area contributed by atoms with Gasteiger partial charge in [0.15, 0.2) is 11.6 Å². The number of nitrogens with one attached hydrogen (secondary N) is 1. The SMILES string of the molecule is CN(C)CCCOc1ccccc1C(=O)N1CCCCC1CNc1cnc2cc(F)c(F)cc2n1. The first-order valence-electron chi connectivity index (χ1n) is 12.0. The Bertz CT molecular complexity index is 1170. The predicted octanol–water partition coefficient (Wildman–Crippen LogP) is 4.35. The maximum Gasteiger partial charge on any atom is 0.257 e. The molecule has 1 aliphatic heterocycles. The number of halogens is 2. The summed E-state index contributed by atoms with van der Waals surface area (Å²) in [6.07, 6.45) is 5.17. The Morgan fingerprint density at radius 1 is 1.17 bits per heavy atom. The van der Waals surface area contributed by atoms with Crippen LogP contribution in [0.3, 0.4) is 0 Å². The molecule has 1 aromatic heterocycles. The second-order valence-corrected chi connectivity index (χ2v) is 9.04. The monoisotopic (exact) mass is 483 g/mol. The summed E-state index contributed by atoms with van der Waals surface area (Å²) in [5.41, 5.74) is 1.11. The van der Waals surface area contributed by atoms with Crippen LogP contribution in [0.4, 0.5) is 14.6 Å². The first kappa shape index (κ1) is 24.8. The van der Waals surface area contributed by atoms with Gasteiger partial charge < -0.3 is 19.9 Å². The number of fused-ring (bicyclic) bond motifs is 1. The molecular weight excluding hydrogens is 452 g/mol. The molecule has 1 aliphatic rings. The molecule has 3 aromatic rings. The highest BCUT2D eigenvalue weighted by molar-refractivity contribution is 5.97. The summed E-state index contributed by atoms with van der Waals surface area (Å²) in [6.45, 7) is 2.59. The number of amides is 1. The number of hydrogen-bond acceptors (Lipinski definition) is 6. The molecule has 2 aromatic carbocycles. The lowest BCUT2D eigenvalue weighted by molar-refractivity contribution is 0.0623. The van der Waals surface area contributed by atoms with Crippen LogP contribution in [0.25, 0.3) is 11.0 Å². The Hall–Kier alpha value is -3.33. The summed E-state index contributed by atoms with van der Waals surface area (Å²) in [5, 5.41) is 3.22. The van der Waals surface area contributed by atoms with Crippen molar-refractivity contribution in [3.8, 4) is 5.75 Å². The van der Waals surface area contributed by atoms with E-state index in [4.69, 9.17) is 4.74 Å². The van der Waals surface area contributed by atoms with Gasteiger partial charge in [-0.1, -0.05) is 12.1 Å². The van der Waals surface area contributed by atoms with Crippen molar-refractivity contribution >= 4 is 22.8 Å². The van der Waals surface area contributed by atoms with Gasteiger partial charge in [-0.2, -0.15) is 0 Å². The van der Waals surface area contributed by atoms with Crippen LogP contribution < -0.4 is 10.1 Å². The number of piperidine rings is 1. The number of carbonyl (C=O) groups excluding carboxylic acids is 1. The third-order valence-electron chi connectivity index (χ3n) is 6.12. The molecule has 0 radical (unpaired) electrons. The van der Waals surface area contributed by atoms with Gasteiger partial charge in [-0.15, -0.1) is 0 Å². The number of rotatable bonds is 9. The number of nitrogens with zero attached hydrogens (tertiary/aromatic N) is 4. The van der Waals surface area contributed by atoms with Gasteiger partial charge in [-0.25, -0.2) is 13.8 Å². The van der Waals surface area contributed by atoms with E-state index in [9.17, 15) is 13.6 Å². The van der Waals surface area contributed by atoms with Crippen LogP contribution in [0.15, 0.2) is 42.6 Å². The van der Waals surface area contributed by atoms with Crippen molar-refractivity contribution in [3.05, 3.63) is 59.8 Å². The molecule has 0 bridgehead atoms. The Kier molecular flexibility index (Phi) is 8.07. The summed E-state index contributed by atoms with van der Waals surface area (Å²) >= 11 is 0. The molecule has 0 aliphatic carbocycles. The topological polar surface area (TPSA) is 70.6 Å². The molecule has 2 heterocycles. The number of likely N-dealkylation sites (tertiary alicyclic amines) is 1. The summed E-state index contributed by atoms with van der Waals surface area (Å²) in [5.74, 6) is -0.919. The number of aromatic nitrogens is 2. The van der Waals surface area contributed by atoms with Gasteiger partial charge in [0.1, 0.15) is 11.6 Å². The zero-order valence-corrected chi connectivity index (χ0v) is 20.1. The van der Waals surface area contributed by atoms with E-state index in [1.54, 1.807) is 0 Å². The van der Waals surface area contributed by atoms with Crippen LogP contribution in [-0.2, 0) is 0 Å². The maximum atomic E-state index is 13.6.